The molecule has 1 aromatic rings. The van der Waals surface area contributed by atoms with Gasteiger partial charge >= 0.3 is 5.97 Å². The fourth-order valence-corrected chi connectivity index (χ4v) is 4.11. The molecule has 5 heteroatoms. The van der Waals surface area contributed by atoms with Gasteiger partial charge in [0.1, 0.15) is 0 Å². The molecule has 2 fully saturated rings. The minimum Gasteiger partial charge on any atom is -0.481 e. The Bertz CT molecular complexity index is 611. The average Bonchev–Trinajstić information content (AvgIpc) is 2.62. The van der Waals surface area contributed by atoms with Crippen molar-refractivity contribution in [1.29, 1.82) is 0 Å². The molecule has 5 nitrogen and oxygen atoms in total. The SMILES string of the molecule is Cc1ccc(C2(C(=O)N3CCC(CC(=O)O)CC3)CCOCC2)cc1. The molecule has 136 valence electrons. The summed E-state index contributed by atoms with van der Waals surface area (Å²) in [5.74, 6) is -0.370. The number of carboxylic acids is 1. The molecule has 2 saturated heterocycles. The van der Waals surface area contributed by atoms with Crippen molar-refractivity contribution in [2.75, 3.05) is 26.3 Å². The second kappa shape index (κ2) is 7.56. The van der Waals surface area contributed by atoms with Gasteiger partial charge in [0.2, 0.25) is 5.91 Å². The number of amides is 1. The van der Waals surface area contributed by atoms with Crippen LogP contribution in [-0.2, 0) is 19.7 Å². The summed E-state index contributed by atoms with van der Waals surface area (Å²) in [5.41, 5.74) is 1.78. The molecule has 0 unspecified atom stereocenters. The number of ether oxygens (including phenoxy) is 1. The maximum absolute atomic E-state index is 13.4. The van der Waals surface area contributed by atoms with Crippen molar-refractivity contribution in [3.8, 4) is 0 Å². The van der Waals surface area contributed by atoms with Crippen LogP contribution in [0.4, 0.5) is 0 Å². The molecule has 2 aliphatic rings. The topological polar surface area (TPSA) is 66.8 Å². The van der Waals surface area contributed by atoms with E-state index < -0.39 is 11.4 Å². The average molecular weight is 345 g/mol. The number of carbonyl (C=O) groups excluding carboxylic acids is 1. The third-order valence-corrected chi connectivity index (χ3v) is 5.72. The molecule has 3 rings (SSSR count). The Kier molecular flexibility index (Phi) is 5.42. The first-order valence-electron chi connectivity index (χ1n) is 9.17. The van der Waals surface area contributed by atoms with Gasteiger partial charge in [0.05, 0.1) is 5.41 Å². The second-order valence-electron chi connectivity index (χ2n) is 7.39. The molecule has 0 aliphatic carbocycles. The molecular weight excluding hydrogens is 318 g/mol. The van der Waals surface area contributed by atoms with Crippen molar-refractivity contribution in [2.24, 2.45) is 5.92 Å². The van der Waals surface area contributed by atoms with Gasteiger partial charge in [-0.2, -0.15) is 0 Å². The summed E-state index contributed by atoms with van der Waals surface area (Å²) in [4.78, 5) is 26.3. The van der Waals surface area contributed by atoms with Crippen molar-refractivity contribution in [3.63, 3.8) is 0 Å². The first-order chi connectivity index (χ1) is 12.0. The number of hydrogen-bond donors (Lipinski definition) is 1. The zero-order chi connectivity index (χ0) is 17.9. The maximum atomic E-state index is 13.4. The van der Waals surface area contributed by atoms with Gasteiger partial charge in [0.15, 0.2) is 0 Å². The number of piperidine rings is 1. The lowest BCUT2D eigenvalue weighted by Gasteiger charge is -2.42. The van der Waals surface area contributed by atoms with Crippen LogP contribution in [0.1, 0.15) is 43.2 Å². The van der Waals surface area contributed by atoms with Crippen LogP contribution >= 0.6 is 0 Å². The molecular formula is C20H27NO4. The smallest absolute Gasteiger partial charge is 0.303 e. The van der Waals surface area contributed by atoms with E-state index in [0.717, 1.165) is 18.4 Å². The standard InChI is InChI=1S/C20H27NO4/c1-15-2-4-17(5-3-15)20(8-12-25-13-9-20)19(24)21-10-6-16(7-11-21)14-18(22)23/h2-5,16H,6-14H2,1H3,(H,22,23). The molecule has 0 aromatic heterocycles. The van der Waals surface area contributed by atoms with Crippen LogP contribution in [-0.4, -0.2) is 48.2 Å². The van der Waals surface area contributed by atoms with Crippen molar-refractivity contribution in [1.82, 2.24) is 4.90 Å². The van der Waals surface area contributed by atoms with Crippen LogP contribution in [0.2, 0.25) is 0 Å². The summed E-state index contributed by atoms with van der Waals surface area (Å²) in [5, 5.41) is 8.96. The number of rotatable bonds is 4. The van der Waals surface area contributed by atoms with Crippen LogP contribution in [0.15, 0.2) is 24.3 Å². The highest BCUT2D eigenvalue weighted by Gasteiger charge is 2.44. The minimum absolute atomic E-state index is 0.187. The van der Waals surface area contributed by atoms with Crippen LogP contribution in [0.25, 0.3) is 0 Å². The van der Waals surface area contributed by atoms with Gasteiger partial charge in [0.25, 0.3) is 0 Å². The van der Waals surface area contributed by atoms with Gasteiger partial charge in [-0.3, -0.25) is 9.59 Å². The van der Waals surface area contributed by atoms with Gasteiger partial charge in [-0.25, -0.2) is 0 Å². The number of carbonyl (C=O) groups is 2. The predicted molar refractivity (Wildman–Crippen MR) is 94.5 cm³/mol. The Hall–Kier alpha value is -1.88. The minimum atomic E-state index is -0.745. The van der Waals surface area contributed by atoms with Crippen LogP contribution in [0, 0.1) is 12.8 Å². The Morgan fingerprint density at radius 2 is 1.76 bits per heavy atom. The normalized spacial score (nSPS) is 21.1. The summed E-state index contributed by atoms with van der Waals surface area (Å²) < 4.78 is 5.53. The van der Waals surface area contributed by atoms with Crippen molar-refractivity contribution in [2.45, 2.75) is 44.4 Å². The fraction of sp³-hybridized carbons (Fsp3) is 0.600. The number of hydrogen-bond acceptors (Lipinski definition) is 3. The highest BCUT2D eigenvalue weighted by atomic mass is 16.5. The van der Waals surface area contributed by atoms with Gasteiger partial charge < -0.3 is 14.7 Å². The van der Waals surface area contributed by atoms with Crippen LogP contribution in [0.3, 0.4) is 0 Å². The number of aryl methyl sites for hydroxylation is 1. The zero-order valence-electron chi connectivity index (χ0n) is 14.9. The van der Waals surface area contributed by atoms with E-state index in [2.05, 4.69) is 31.2 Å². The van der Waals surface area contributed by atoms with E-state index in [1.165, 1.54) is 5.56 Å². The summed E-state index contributed by atoms with van der Waals surface area (Å²) in [6.45, 7) is 4.58. The van der Waals surface area contributed by atoms with E-state index in [-0.39, 0.29) is 18.2 Å². The molecule has 0 atom stereocenters. The highest BCUT2D eigenvalue weighted by molar-refractivity contribution is 5.88. The van der Waals surface area contributed by atoms with E-state index in [1.807, 2.05) is 4.90 Å². The summed E-state index contributed by atoms with van der Waals surface area (Å²) >= 11 is 0. The second-order valence-corrected chi connectivity index (χ2v) is 7.39. The molecule has 1 N–H and O–H groups in total. The zero-order valence-corrected chi connectivity index (χ0v) is 14.9. The summed E-state index contributed by atoms with van der Waals surface area (Å²) in [6.07, 6.45) is 3.18. The van der Waals surface area contributed by atoms with Crippen molar-refractivity contribution < 1.29 is 19.4 Å². The molecule has 0 radical (unpaired) electrons. The fourth-order valence-electron chi connectivity index (χ4n) is 4.11. The number of carboxylic acid groups (broad SMARTS) is 1. The van der Waals surface area contributed by atoms with Gasteiger partial charge in [-0.1, -0.05) is 29.8 Å². The Morgan fingerprint density at radius 3 is 2.32 bits per heavy atom. The molecule has 2 aliphatic heterocycles. The molecule has 1 aromatic carbocycles. The molecule has 0 spiro atoms. The Morgan fingerprint density at radius 1 is 1.16 bits per heavy atom. The first-order valence-corrected chi connectivity index (χ1v) is 9.17. The molecule has 0 saturated carbocycles. The molecule has 1 amide bonds. The molecule has 0 bridgehead atoms. The molecule has 2 heterocycles. The lowest BCUT2D eigenvalue weighted by molar-refractivity contribution is -0.143. The van der Waals surface area contributed by atoms with Crippen molar-refractivity contribution >= 4 is 11.9 Å². The van der Waals surface area contributed by atoms with Crippen LogP contribution in [0.5, 0.6) is 0 Å². The molecule has 25 heavy (non-hydrogen) atoms. The summed E-state index contributed by atoms with van der Waals surface area (Å²) in [6, 6.07) is 8.29. The predicted octanol–water partition coefficient (Wildman–Crippen LogP) is 2.76. The number of likely N-dealkylation sites (tertiary alicyclic amines) is 1. The monoisotopic (exact) mass is 345 g/mol. The van der Waals surface area contributed by atoms with Crippen LogP contribution < -0.4 is 0 Å². The van der Waals surface area contributed by atoms with Gasteiger partial charge in [-0.15, -0.1) is 0 Å². The maximum Gasteiger partial charge on any atom is 0.303 e. The quantitative estimate of drug-likeness (QED) is 0.911. The Labute approximate surface area is 149 Å². The van der Waals surface area contributed by atoms with Gasteiger partial charge in [0, 0.05) is 32.7 Å². The number of benzene rings is 1. The third kappa shape index (κ3) is 3.87. The van der Waals surface area contributed by atoms with Gasteiger partial charge in [-0.05, 0) is 44.1 Å². The van der Waals surface area contributed by atoms with E-state index in [9.17, 15) is 9.59 Å². The highest BCUT2D eigenvalue weighted by Crippen LogP contribution is 2.38. The van der Waals surface area contributed by atoms with E-state index in [0.29, 0.717) is 39.1 Å². The largest absolute Gasteiger partial charge is 0.481 e. The lowest BCUT2D eigenvalue weighted by Crippen LogP contribution is -2.52. The number of nitrogens with zero attached hydrogens (tertiary/aromatic N) is 1. The number of aliphatic carboxylic acids is 1. The third-order valence-electron chi connectivity index (χ3n) is 5.72. The first kappa shape index (κ1) is 17.9. The van der Waals surface area contributed by atoms with E-state index in [4.69, 9.17) is 9.84 Å². The van der Waals surface area contributed by atoms with E-state index in [1.54, 1.807) is 0 Å². The van der Waals surface area contributed by atoms with Crippen molar-refractivity contribution in [3.05, 3.63) is 35.4 Å². The Balaban J connectivity index is 1.77. The lowest BCUT2D eigenvalue weighted by atomic mass is 9.72. The van der Waals surface area contributed by atoms with E-state index >= 15 is 0 Å². The summed E-state index contributed by atoms with van der Waals surface area (Å²) in [7, 11) is 0.